The summed E-state index contributed by atoms with van der Waals surface area (Å²) >= 11 is 0. The summed E-state index contributed by atoms with van der Waals surface area (Å²) in [5, 5.41) is 21.9. The van der Waals surface area contributed by atoms with Gasteiger partial charge in [-0.2, -0.15) is 0 Å². The molecule has 0 unspecified atom stereocenters. The van der Waals surface area contributed by atoms with E-state index in [0.717, 1.165) is 80.7 Å². The SMILES string of the molecule is COc1cc2c3c(c(N[C@@H]4CCC[C@@H](O)C4)nc2cc1OCCCN1CCCC1)CCC3.O=CO. The number of methoxy groups -OCH3 is 1. The van der Waals surface area contributed by atoms with Gasteiger partial charge >= 0.3 is 0 Å². The molecular weight excluding hydrogens is 446 g/mol. The minimum atomic E-state index is -0.250. The Morgan fingerprint density at radius 2 is 1.89 bits per heavy atom. The van der Waals surface area contributed by atoms with E-state index in [9.17, 15) is 5.11 Å². The Labute approximate surface area is 207 Å². The zero-order valence-corrected chi connectivity index (χ0v) is 20.8. The van der Waals surface area contributed by atoms with Crippen LogP contribution in [0.4, 0.5) is 5.82 Å². The zero-order chi connectivity index (χ0) is 24.6. The molecule has 1 aromatic carbocycles. The molecule has 35 heavy (non-hydrogen) atoms. The van der Waals surface area contributed by atoms with Crippen LogP contribution in [0.1, 0.15) is 62.5 Å². The number of fused-ring (bicyclic) bond motifs is 3. The number of pyridine rings is 1. The summed E-state index contributed by atoms with van der Waals surface area (Å²) in [7, 11) is 1.72. The van der Waals surface area contributed by atoms with Crippen molar-refractivity contribution in [3.63, 3.8) is 0 Å². The zero-order valence-electron chi connectivity index (χ0n) is 20.8. The fraction of sp³-hybridized carbons (Fsp3) is 0.630. The molecule has 2 aliphatic carbocycles. The first-order chi connectivity index (χ1) is 17.1. The number of aromatic nitrogens is 1. The van der Waals surface area contributed by atoms with Gasteiger partial charge < -0.3 is 29.9 Å². The fourth-order valence-corrected chi connectivity index (χ4v) is 5.73. The summed E-state index contributed by atoms with van der Waals surface area (Å²) in [6.45, 7) is 3.99. The molecule has 1 saturated heterocycles. The van der Waals surface area contributed by atoms with Crippen LogP contribution in [0.25, 0.3) is 10.9 Å². The Bertz CT molecular complexity index is 993. The van der Waals surface area contributed by atoms with Crippen LogP contribution in [0.5, 0.6) is 11.5 Å². The molecular formula is C27H39N3O5. The Morgan fingerprint density at radius 3 is 2.63 bits per heavy atom. The monoisotopic (exact) mass is 485 g/mol. The third-order valence-electron chi connectivity index (χ3n) is 7.41. The Hall–Kier alpha value is -2.58. The van der Waals surface area contributed by atoms with Gasteiger partial charge in [0.15, 0.2) is 11.5 Å². The average molecular weight is 486 g/mol. The van der Waals surface area contributed by atoms with Crippen molar-refractivity contribution in [3.8, 4) is 11.5 Å². The number of anilines is 1. The van der Waals surface area contributed by atoms with Gasteiger partial charge in [-0.1, -0.05) is 0 Å². The Balaban J connectivity index is 0.000000917. The van der Waals surface area contributed by atoms with Gasteiger partial charge in [0.05, 0.1) is 25.3 Å². The quantitative estimate of drug-likeness (QED) is 0.381. The highest BCUT2D eigenvalue weighted by Crippen LogP contribution is 2.39. The van der Waals surface area contributed by atoms with Crippen molar-refractivity contribution in [1.82, 2.24) is 9.88 Å². The van der Waals surface area contributed by atoms with Gasteiger partial charge in [0, 0.05) is 24.0 Å². The number of hydrogen-bond donors (Lipinski definition) is 3. The number of carboxylic acid groups (broad SMARTS) is 1. The van der Waals surface area contributed by atoms with Crippen LogP contribution < -0.4 is 14.8 Å². The van der Waals surface area contributed by atoms with E-state index in [4.69, 9.17) is 24.4 Å². The number of rotatable bonds is 8. The van der Waals surface area contributed by atoms with Gasteiger partial charge in [0.1, 0.15) is 5.82 Å². The normalized spacial score (nSPS) is 21.8. The predicted octanol–water partition coefficient (Wildman–Crippen LogP) is 4.01. The molecule has 192 valence electrons. The fourth-order valence-electron chi connectivity index (χ4n) is 5.73. The third-order valence-corrected chi connectivity index (χ3v) is 7.41. The van der Waals surface area contributed by atoms with Gasteiger partial charge in [-0.25, -0.2) is 4.98 Å². The second-order valence-electron chi connectivity index (χ2n) is 9.81. The summed E-state index contributed by atoms with van der Waals surface area (Å²) < 4.78 is 11.9. The maximum absolute atomic E-state index is 10.1. The molecule has 1 aliphatic heterocycles. The summed E-state index contributed by atoms with van der Waals surface area (Å²) in [6.07, 6.45) is 10.7. The van der Waals surface area contributed by atoms with Crippen LogP contribution in [0.15, 0.2) is 12.1 Å². The molecule has 8 nitrogen and oxygen atoms in total. The minimum absolute atomic E-state index is 0.195. The van der Waals surface area contributed by atoms with Crippen LogP contribution >= 0.6 is 0 Å². The molecule has 3 N–H and O–H groups in total. The van der Waals surface area contributed by atoms with Crippen molar-refractivity contribution in [3.05, 3.63) is 23.3 Å². The summed E-state index contributed by atoms with van der Waals surface area (Å²) in [4.78, 5) is 15.9. The van der Waals surface area contributed by atoms with Crippen molar-refractivity contribution in [2.45, 2.75) is 76.4 Å². The van der Waals surface area contributed by atoms with Gasteiger partial charge in [-0.15, -0.1) is 0 Å². The molecule has 5 rings (SSSR count). The Kier molecular flexibility index (Phi) is 9.04. The van der Waals surface area contributed by atoms with Crippen molar-refractivity contribution in [1.29, 1.82) is 0 Å². The lowest BCUT2D eigenvalue weighted by Gasteiger charge is -2.28. The summed E-state index contributed by atoms with van der Waals surface area (Å²) in [6, 6.07) is 4.48. The van der Waals surface area contributed by atoms with E-state index in [1.54, 1.807) is 7.11 Å². The number of nitrogens with one attached hydrogen (secondary N) is 1. The third kappa shape index (κ3) is 6.35. The number of hydrogen-bond acceptors (Lipinski definition) is 7. The maximum Gasteiger partial charge on any atom is 0.290 e. The topological polar surface area (TPSA) is 104 Å². The van der Waals surface area contributed by atoms with Gasteiger partial charge in [-0.05, 0) is 94.5 Å². The highest BCUT2D eigenvalue weighted by molar-refractivity contribution is 5.89. The number of ether oxygens (including phenoxy) is 2. The number of aryl methyl sites for hydroxylation is 1. The summed E-state index contributed by atoms with van der Waals surface area (Å²) in [5.41, 5.74) is 3.71. The van der Waals surface area contributed by atoms with Gasteiger partial charge in [-0.3, -0.25) is 4.79 Å². The number of carbonyl (C=O) groups is 1. The van der Waals surface area contributed by atoms with Crippen molar-refractivity contribution >= 4 is 23.2 Å². The molecule has 8 heteroatoms. The minimum Gasteiger partial charge on any atom is -0.493 e. The second-order valence-corrected chi connectivity index (χ2v) is 9.81. The van der Waals surface area contributed by atoms with E-state index in [0.29, 0.717) is 12.6 Å². The van der Waals surface area contributed by atoms with Crippen molar-refractivity contribution < 1.29 is 24.5 Å². The number of likely N-dealkylation sites (tertiary alicyclic amines) is 1. The van der Waals surface area contributed by atoms with Crippen LogP contribution in [-0.4, -0.2) is 72.1 Å². The second kappa shape index (κ2) is 12.4. The molecule has 0 amide bonds. The highest BCUT2D eigenvalue weighted by Gasteiger charge is 2.25. The van der Waals surface area contributed by atoms with E-state index < -0.39 is 0 Å². The van der Waals surface area contributed by atoms with Crippen LogP contribution in [0, 0.1) is 0 Å². The van der Waals surface area contributed by atoms with Gasteiger partial charge in [0.2, 0.25) is 0 Å². The maximum atomic E-state index is 10.1. The van der Waals surface area contributed by atoms with E-state index in [1.165, 1.54) is 42.4 Å². The van der Waals surface area contributed by atoms with Crippen LogP contribution in [0.3, 0.4) is 0 Å². The lowest BCUT2D eigenvalue weighted by atomic mass is 9.93. The molecule has 2 heterocycles. The van der Waals surface area contributed by atoms with Crippen molar-refractivity contribution in [2.24, 2.45) is 0 Å². The highest BCUT2D eigenvalue weighted by atomic mass is 16.5. The molecule has 2 aromatic rings. The Morgan fingerprint density at radius 1 is 1.11 bits per heavy atom. The van der Waals surface area contributed by atoms with E-state index in [1.807, 2.05) is 0 Å². The molecule has 2 atom stereocenters. The molecule has 2 fully saturated rings. The van der Waals surface area contributed by atoms with E-state index >= 15 is 0 Å². The molecule has 1 aromatic heterocycles. The lowest BCUT2D eigenvalue weighted by Crippen LogP contribution is -2.30. The van der Waals surface area contributed by atoms with E-state index in [-0.39, 0.29) is 12.6 Å². The first-order valence-corrected chi connectivity index (χ1v) is 13.0. The lowest BCUT2D eigenvalue weighted by molar-refractivity contribution is -0.122. The van der Waals surface area contributed by atoms with Crippen molar-refractivity contribution in [2.75, 3.05) is 38.7 Å². The smallest absolute Gasteiger partial charge is 0.290 e. The first-order valence-electron chi connectivity index (χ1n) is 13.0. The van der Waals surface area contributed by atoms with Crippen LogP contribution in [0.2, 0.25) is 0 Å². The standard InChI is InChI=1S/C26H37N3O3.CH2O2/c1-31-24-16-22-20-9-5-10-21(20)26(27-18-7-4-8-19(30)15-18)28-23(22)17-25(24)32-14-6-13-29-11-2-3-12-29;2-1-3/h16-19,30H,2-15H2,1H3,(H,27,28);1H,(H,2,3)/t18-,19-;/m1./s1. The first kappa shape index (κ1) is 25.5. The molecule has 3 aliphatic rings. The van der Waals surface area contributed by atoms with Crippen LogP contribution in [-0.2, 0) is 17.6 Å². The molecule has 0 bridgehead atoms. The largest absolute Gasteiger partial charge is 0.493 e. The van der Waals surface area contributed by atoms with Gasteiger partial charge in [0.25, 0.3) is 6.47 Å². The number of aliphatic hydroxyl groups is 1. The summed E-state index contributed by atoms with van der Waals surface area (Å²) in [5.74, 6) is 2.59. The number of benzene rings is 1. The number of nitrogens with zero attached hydrogens (tertiary/aromatic N) is 2. The van der Waals surface area contributed by atoms with E-state index in [2.05, 4.69) is 22.3 Å². The molecule has 1 saturated carbocycles. The molecule has 0 radical (unpaired) electrons. The average Bonchev–Trinajstić information content (AvgIpc) is 3.55. The number of aliphatic hydroxyl groups excluding tert-OH is 1. The predicted molar refractivity (Wildman–Crippen MR) is 137 cm³/mol. The molecule has 0 spiro atoms.